The van der Waals surface area contributed by atoms with Crippen molar-refractivity contribution < 1.29 is 4.74 Å². The number of aromatic nitrogens is 2. The van der Waals surface area contributed by atoms with E-state index in [1.165, 1.54) is 29.7 Å². The van der Waals surface area contributed by atoms with Gasteiger partial charge in [-0.3, -0.25) is 9.58 Å². The topological polar surface area (TPSA) is 30.3 Å². The van der Waals surface area contributed by atoms with E-state index in [-0.39, 0.29) is 0 Å². The van der Waals surface area contributed by atoms with Gasteiger partial charge >= 0.3 is 0 Å². The number of nitrogens with zero attached hydrogens (tertiary/aromatic N) is 3. The van der Waals surface area contributed by atoms with E-state index in [9.17, 15) is 0 Å². The summed E-state index contributed by atoms with van der Waals surface area (Å²) in [5.74, 6) is 1.30. The van der Waals surface area contributed by atoms with Gasteiger partial charge in [-0.1, -0.05) is 0 Å². The second-order valence-electron chi connectivity index (χ2n) is 6.84. The van der Waals surface area contributed by atoms with Gasteiger partial charge in [0.25, 0.3) is 0 Å². The second kappa shape index (κ2) is 6.75. The van der Waals surface area contributed by atoms with Crippen LogP contribution >= 0.6 is 11.3 Å². The van der Waals surface area contributed by atoms with E-state index >= 15 is 0 Å². The average Bonchev–Trinajstić information content (AvgIpc) is 3.05. The third kappa shape index (κ3) is 3.52. The molecule has 5 heteroatoms. The van der Waals surface area contributed by atoms with Crippen molar-refractivity contribution in [3.8, 4) is 0 Å². The van der Waals surface area contributed by atoms with Gasteiger partial charge in [0.2, 0.25) is 0 Å². The lowest BCUT2D eigenvalue weighted by molar-refractivity contribution is 0.102. The Morgan fingerprint density at radius 2 is 2.30 bits per heavy atom. The molecule has 0 bridgehead atoms. The molecule has 124 valence electrons. The molecule has 4 nitrogen and oxygen atoms in total. The molecule has 0 N–H and O–H groups in total. The van der Waals surface area contributed by atoms with Crippen LogP contribution in [0.25, 0.3) is 0 Å². The maximum Gasteiger partial charge on any atom is 0.0562 e. The van der Waals surface area contributed by atoms with Crippen LogP contribution in [0.4, 0.5) is 0 Å². The van der Waals surface area contributed by atoms with Crippen molar-refractivity contribution in [1.29, 1.82) is 0 Å². The van der Waals surface area contributed by atoms with Gasteiger partial charge in [-0.2, -0.15) is 16.4 Å². The summed E-state index contributed by atoms with van der Waals surface area (Å²) in [6.07, 6.45) is 4.83. The van der Waals surface area contributed by atoms with Crippen LogP contribution in [0.2, 0.25) is 0 Å². The molecule has 0 spiro atoms. The number of fused-ring (bicyclic) bond motifs is 1. The summed E-state index contributed by atoms with van der Waals surface area (Å²) in [6.45, 7) is 7.88. The van der Waals surface area contributed by atoms with E-state index in [2.05, 4.69) is 39.5 Å². The molecule has 1 saturated carbocycles. The van der Waals surface area contributed by atoms with Gasteiger partial charge in [-0.25, -0.2) is 0 Å². The molecule has 1 atom stereocenters. The van der Waals surface area contributed by atoms with E-state index in [1.54, 1.807) is 11.3 Å². The molecule has 0 radical (unpaired) electrons. The van der Waals surface area contributed by atoms with Gasteiger partial charge in [0, 0.05) is 50.0 Å². The Bertz CT molecular complexity index is 633. The zero-order valence-electron chi connectivity index (χ0n) is 13.8. The minimum Gasteiger partial charge on any atom is -0.381 e. The number of ether oxygens (including phenoxy) is 1. The van der Waals surface area contributed by atoms with Gasteiger partial charge in [-0.15, -0.1) is 0 Å². The van der Waals surface area contributed by atoms with Gasteiger partial charge in [-0.05, 0) is 48.1 Å². The van der Waals surface area contributed by atoms with E-state index in [0.717, 1.165) is 45.3 Å². The van der Waals surface area contributed by atoms with E-state index in [1.807, 2.05) is 0 Å². The Hall–Kier alpha value is -1.17. The van der Waals surface area contributed by atoms with Gasteiger partial charge in [0.1, 0.15) is 0 Å². The van der Waals surface area contributed by atoms with Crippen molar-refractivity contribution in [2.45, 2.75) is 45.3 Å². The normalized spacial score (nSPS) is 21.5. The molecule has 0 aromatic carbocycles. The fourth-order valence-corrected chi connectivity index (χ4v) is 4.24. The molecular formula is C18H25N3OS. The van der Waals surface area contributed by atoms with E-state index in [0.29, 0.717) is 5.92 Å². The van der Waals surface area contributed by atoms with Crippen LogP contribution in [-0.4, -0.2) is 34.4 Å². The predicted octanol–water partition coefficient (Wildman–Crippen LogP) is 3.49. The fourth-order valence-electron chi connectivity index (χ4n) is 3.58. The van der Waals surface area contributed by atoms with Crippen molar-refractivity contribution in [3.63, 3.8) is 0 Å². The van der Waals surface area contributed by atoms with Crippen molar-refractivity contribution >= 4 is 11.3 Å². The molecule has 1 aliphatic carbocycles. The molecule has 2 aliphatic rings. The third-order valence-corrected chi connectivity index (χ3v) is 5.59. The summed E-state index contributed by atoms with van der Waals surface area (Å²) in [7, 11) is 0. The fraction of sp³-hybridized carbons (Fsp3) is 0.611. The first-order chi connectivity index (χ1) is 11.3. The van der Waals surface area contributed by atoms with Crippen molar-refractivity contribution in [1.82, 2.24) is 14.7 Å². The summed E-state index contributed by atoms with van der Waals surface area (Å²) in [5.41, 5.74) is 4.25. The van der Waals surface area contributed by atoms with E-state index < -0.39 is 0 Å². The summed E-state index contributed by atoms with van der Waals surface area (Å²) in [5, 5.41) is 9.12. The molecule has 0 amide bonds. The Morgan fingerprint density at radius 3 is 3.04 bits per heavy atom. The standard InChI is InChI=1S/C18H25N3OS/c1-2-22-12-17-11-20(8-15-5-6-23-13-15)10-16-7-19-21(18(16)17)9-14-3-4-14/h5-7,13-14,17H,2-4,8-12H2,1H3. The van der Waals surface area contributed by atoms with Gasteiger partial charge < -0.3 is 4.74 Å². The smallest absolute Gasteiger partial charge is 0.0562 e. The highest BCUT2D eigenvalue weighted by Gasteiger charge is 2.31. The van der Waals surface area contributed by atoms with Crippen LogP contribution in [0.1, 0.15) is 42.5 Å². The largest absolute Gasteiger partial charge is 0.381 e. The highest BCUT2D eigenvalue weighted by Crippen LogP contribution is 2.34. The second-order valence-corrected chi connectivity index (χ2v) is 7.62. The van der Waals surface area contributed by atoms with Crippen LogP contribution in [0.5, 0.6) is 0 Å². The maximum absolute atomic E-state index is 5.79. The van der Waals surface area contributed by atoms with Crippen LogP contribution < -0.4 is 0 Å². The summed E-state index contributed by atoms with van der Waals surface area (Å²) in [6, 6.07) is 2.23. The summed E-state index contributed by atoms with van der Waals surface area (Å²) >= 11 is 1.78. The van der Waals surface area contributed by atoms with Crippen molar-refractivity contribution in [3.05, 3.63) is 39.8 Å². The monoisotopic (exact) mass is 331 g/mol. The first-order valence-corrected chi connectivity index (χ1v) is 9.63. The molecule has 3 heterocycles. The van der Waals surface area contributed by atoms with Crippen LogP contribution in [-0.2, 0) is 24.4 Å². The SMILES string of the molecule is CCOCC1CN(Cc2ccsc2)Cc2cnn(CC3CC3)c21. The quantitative estimate of drug-likeness (QED) is 0.778. The highest BCUT2D eigenvalue weighted by molar-refractivity contribution is 7.07. The number of hydrogen-bond acceptors (Lipinski definition) is 4. The maximum atomic E-state index is 5.79. The van der Waals surface area contributed by atoms with Crippen molar-refractivity contribution in [2.75, 3.05) is 19.8 Å². The van der Waals surface area contributed by atoms with Crippen molar-refractivity contribution in [2.24, 2.45) is 5.92 Å². The Labute approximate surface area is 142 Å². The lowest BCUT2D eigenvalue weighted by Crippen LogP contribution is -2.36. The van der Waals surface area contributed by atoms with Crippen LogP contribution in [0, 0.1) is 5.92 Å². The molecule has 23 heavy (non-hydrogen) atoms. The molecule has 0 saturated heterocycles. The van der Waals surface area contributed by atoms with Crippen LogP contribution in [0.15, 0.2) is 23.0 Å². The molecule has 2 aromatic rings. The predicted molar refractivity (Wildman–Crippen MR) is 92.6 cm³/mol. The molecule has 2 aromatic heterocycles. The Kier molecular flexibility index (Phi) is 4.51. The highest BCUT2D eigenvalue weighted by atomic mass is 32.1. The lowest BCUT2D eigenvalue weighted by Gasteiger charge is -2.33. The number of thiophene rings is 1. The summed E-state index contributed by atoms with van der Waals surface area (Å²) in [4.78, 5) is 2.54. The molecule has 4 rings (SSSR count). The molecule has 1 aliphatic heterocycles. The summed E-state index contributed by atoms with van der Waals surface area (Å²) < 4.78 is 8.07. The zero-order chi connectivity index (χ0) is 15.6. The van der Waals surface area contributed by atoms with E-state index in [4.69, 9.17) is 9.84 Å². The molecular weight excluding hydrogens is 306 g/mol. The minimum absolute atomic E-state index is 0.443. The molecule has 1 fully saturated rings. The number of hydrogen-bond donors (Lipinski definition) is 0. The average molecular weight is 331 g/mol. The number of rotatable bonds is 7. The van der Waals surface area contributed by atoms with Gasteiger partial charge in [0.05, 0.1) is 12.8 Å². The lowest BCUT2D eigenvalue weighted by atomic mass is 9.96. The first kappa shape index (κ1) is 15.4. The Balaban J connectivity index is 1.54. The minimum atomic E-state index is 0.443. The zero-order valence-corrected chi connectivity index (χ0v) is 14.6. The Morgan fingerprint density at radius 1 is 1.39 bits per heavy atom. The molecule has 1 unspecified atom stereocenters. The first-order valence-electron chi connectivity index (χ1n) is 8.69. The third-order valence-electron chi connectivity index (χ3n) is 4.86. The van der Waals surface area contributed by atoms with Gasteiger partial charge in [0.15, 0.2) is 0 Å². The van der Waals surface area contributed by atoms with Crippen LogP contribution in [0.3, 0.4) is 0 Å².